The summed E-state index contributed by atoms with van der Waals surface area (Å²) in [6, 6.07) is 16.4. The normalized spacial score (nSPS) is 11.0. The fraction of sp³-hybridized carbons (Fsp3) is 0.226. The Labute approximate surface area is 251 Å². The Morgan fingerprint density at radius 3 is 2.46 bits per heavy atom. The minimum atomic E-state index is -0.485. The molecule has 0 aliphatic heterocycles. The molecule has 0 saturated carbocycles. The first-order valence-corrected chi connectivity index (χ1v) is 15.8. The average Bonchev–Trinajstić information content (AvgIpc) is 3.69. The SMILES string of the molecule is CCn1c(SCC(=O)Nc2scc(-c3cc(C)ccc3C)c2C(=O)OC)nnc1-c1csc(C)c1-c1ccccc1. The molecule has 0 atom stereocenters. The van der Waals surface area contributed by atoms with Crippen LogP contribution in [0.4, 0.5) is 5.00 Å². The summed E-state index contributed by atoms with van der Waals surface area (Å²) in [7, 11) is 1.35. The molecule has 7 nitrogen and oxygen atoms in total. The molecule has 10 heteroatoms. The molecule has 0 saturated heterocycles. The lowest BCUT2D eigenvalue weighted by molar-refractivity contribution is -0.113. The second kappa shape index (κ2) is 12.4. The van der Waals surface area contributed by atoms with Gasteiger partial charge in [0.05, 0.1) is 12.9 Å². The summed E-state index contributed by atoms with van der Waals surface area (Å²) in [5, 5.41) is 17.0. The summed E-state index contributed by atoms with van der Waals surface area (Å²) in [5.41, 5.74) is 7.51. The number of aromatic nitrogens is 3. The molecular weight excluding hydrogens is 573 g/mol. The molecule has 5 rings (SSSR count). The molecule has 210 valence electrons. The highest BCUT2D eigenvalue weighted by molar-refractivity contribution is 7.99. The number of hydrogen-bond acceptors (Lipinski definition) is 8. The molecule has 41 heavy (non-hydrogen) atoms. The Kier molecular flexibility index (Phi) is 8.72. The number of aryl methyl sites for hydroxylation is 3. The van der Waals surface area contributed by atoms with Crippen molar-refractivity contribution >= 4 is 51.3 Å². The molecule has 5 aromatic rings. The molecule has 0 aliphatic carbocycles. The summed E-state index contributed by atoms with van der Waals surface area (Å²) < 4.78 is 7.12. The lowest BCUT2D eigenvalue weighted by atomic mass is 9.97. The van der Waals surface area contributed by atoms with Crippen molar-refractivity contribution in [3.8, 4) is 33.6 Å². The van der Waals surface area contributed by atoms with E-state index in [2.05, 4.69) is 40.0 Å². The number of thiophene rings is 2. The van der Waals surface area contributed by atoms with Gasteiger partial charge >= 0.3 is 5.97 Å². The van der Waals surface area contributed by atoms with E-state index in [4.69, 9.17) is 4.74 Å². The first-order valence-electron chi connectivity index (χ1n) is 13.1. The number of nitrogens with one attached hydrogen (secondary N) is 1. The molecule has 3 aromatic heterocycles. The smallest absolute Gasteiger partial charge is 0.341 e. The number of methoxy groups -OCH3 is 1. The van der Waals surface area contributed by atoms with E-state index in [-0.39, 0.29) is 11.7 Å². The van der Waals surface area contributed by atoms with Gasteiger partial charge in [0.2, 0.25) is 5.91 Å². The fourth-order valence-corrected chi connectivity index (χ4v) is 7.36. The number of esters is 1. The van der Waals surface area contributed by atoms with Gasteiger partial charge in [-0.3, -0.25) is 4.79 Å². The number of carbonyl (C=O) groups is 2. The van der Waals surface area contributed by atoms with Gasteiger partial charge in [-0.15, -0.1) is 32.9 Å². The molecule has 0 aliphatic rings. The van der Waals surface area contributed by atoms with Gasteiger partial charge in [0.15, 0.2) is 11.0 Å². The molecule has 1 amide bonds. The third-order valence-corrected chi connectivity index (χ3v) is 9.53. The first kappa shape index (κ1) is 28.8. The van der Waals surface area contributed by atoms with Crippen LogP contribution in [-0.2, 0) is 16.1 Å². The van der Waals surface area contributed by atoms with Crippen molar-refractivity contribution in [1.82, 2.24) is 14.8 Å². The number of benzene rings is 2. The molecule has 0 fully saturated rings. The maximum Gasteiger partial charge on any atom is 0.341 e. The summed E-state index contributed by atoms with van der Waals surface area (Å²) in [5.74, 6) is 0.172. The van der Waals surface area contributed by atoms with Crippen LogP contribution in [0.3, 0.4) is 0 Å². The van der Waals surface area contributed by atoms with Crippen LogP contribution in [0.25, 0.3) is 33.6 Å². The van der Waals surface area contributed by atoms with Crippen molar-refractivity contribution < 1.29 is 14.3 Å². The molecule has 0 unspecified atom stereocenters. The predicted octanol–water partition coefficient (Wildman–Crippen LogP) is 7.86. The Morgan fingerprint density at radius 2 is 1.73 bits per heavy atom. The van der Waals surface area contributed by atoms with Crippen LogP contribution in [0, 0.1) is 20.8 Å². The van der Waals surface area contributed by atoms with Crippen LogP contribution in [0.15, 0.2) is 64.4 Å². The van der Waals surface area contributed by atoms with Crippen LogP contribution in [0.2, 0.25) is 0 Å². The van der Waals surface area contributed by atoms with E-state index >= 15 is 0 Å². The molecule has 1 N–H and O–H groups in total. The Bertz CT molecular complexity index is 1720. The Hall–Kier alpha value is -3.73. The molecule has 0 spiro atoms. The van der Waals surface area contributed by atoms with Crippen LogP contribution in [-0.4, -0.2) is 39.5 Å². The maximum atomic E-state index is 13.1. The minimum absolute atomic E-state index is 0.115. The van der Waals surface area contributed by atoms with Crippen molar-refractivity contribution in [1.29, 1.82) is 0 Å². The quantitative estimate of drug-likeness (QED) is 0.137. The Balaban J connectivity index is 1.37. The number of ether oxygens (including phenoxy) is 1. The monoisotopic (exact) mass is 602 g/mol. The standard InChI is InChI=1S/C31H30N4O3S3/c1-6-35-28(24-16-39-20(4)26(24)21-10-8-7-9-11-21)33-34-31(35)41-17-25(36)32-29-27(30(37)38-5)23(15-40-29)22-14-18(2)12-13-19(22)3/h7-16H,6,17H2,1-5H3,(H,32,36). The van der Waals surface area contributed by atoms with Crippen LogP contribution < -0.4 is 5.32 Å². The third kappa shape index (κ3) is 5.86. The van der Waals surface area contributed by atoms with E-state index in [0.717, 1.165) is 44.8 Å². The number of amides is 1. The Morgan fingerprint density at radius 1 is 0.976 bits per heavy atom. The second-order valence-corrected chi connectivity index (χ2v) is 12.4. The summed E-state index contributed by atoms with van der Waals surface area (Å²) in [6.45, 7) is 8.83. The van der Waals surface area contributed by atoms with Gasteiger partial charge in [-0.2, -0.15) is 0 Å². The number of hydrogen-bond donors (Lipinski definition) is 1. The number of nitrogens with zero attached hydrogens (tertiary/aromatic N) is 3. The van der Waals surface area contributed by atoms with E-state index in [1.165, 1.54) is 35.1 Å². The van der Waals surface area contributed by atoms with Gasteiger partial charge in [0.25, 0.3) is 0 Å². The van der Waals surface area contributed by atoms with E-state index < -0.39 is 5.97 Å². The van der Waals surface area contributed by atoms with Crippen molar-refractivity contribution in [3.05, 3.63) is 80.9 Å². The number of anilines is 1. The molecule has 2 aromatic carbocycles. The van der Waals surface area contributed by atoms with Gasteiger partial charge in [0.1, 0.15) is 10.6 Å². The second-order valence-electron chi connectivity index (χ2n) is 9.50. The molecular formula is C31H30N4O3S3. The topological polar surface area (TPSA) is 86.1 Å². The fourth-order valence-electron chi connectivity index (χ4n) is 4.73. The van der Waals surface area contributed by atoms with E-state index in [0.29, 0.717) is 22.3 Å². The van der Waals surface area contributed by atoms with Gasteiger partial charge in [-0.05, 0) is 44.4 Å². The lowest BCUT2D eigenvalue weighted by Crippen LogP contribution is -2.16. The van der Waals surface area contributed by atoms with Gasteiger partial charge in [0, 0.05) is 38.9 Å². The van der Waals surface area contributed by atoms with Gasteiger partial charge in [-0.1, -0.05) is 65.9 Å². The first-order chi connectivity index (χ1) is 19.8. The number of thioether (sulfide) groups is 1. The third-order valence-electron chi connectivity index (χ3n) is 6.76. The zero-order valence-corrected chi connectivity index (χ0v) is 25.9. The molecule has 3 heterocycles. The van der Waals surface area contributed by atoms with Crippen molar-refractivity contribution in [3.63, 3.8) is 0 Å². The van der Waals surface area contributed by atoms with Crippen LogP contribution in [0.1, 0.15) is 33.3 Å². The number of carbonyl (C=O) groups excluding carboxylic acids is 2. The van der Waals surface area contributed by atoms with Gasteiger partial charge in [-0.25, -0.2) is 4.79 Å². The number of rotatable bonds is 9. The van der Waals surface area contributed by atoms with Crippen LogP contribution >= 0.6 is 34.4 Å². The highest BCUT2D eigenvalue weighted by Crippen LogP contribution is 2.40. The molecule has 0 bridgehead atoms. The van der Waals surface area contributed by atoms with E-state index in [1.54, 1.807) is 11.3 Å². The van der Waals surface area contributed by atoms with Crippen molar-refractivity contribution in [2.24, 2.45) is 0 Å². The zero-order chi connectivity index (χ0) is 29.1. The summed E-state index contributed by atoms with van der Waals surface area (Å²) >= 11 is 4.32. The lowest BCUT2D eigenvalue weighted by Gasteiger charge is -2.11. The van der Waals surface area contributed by atoms with E-state index in [1.807, 2.05) is 67.1 Å². The maximum absolute atomic E-state index is 13.1. The van der Waals surface area contributed by atoms with E-state index in [9.17, 15) is 9.59 Å². The predicted molar refractivity (Wildman–Crippen MR) is 169 cm³/mol. The largest absolute Gasteiger partial charge is 0.465 e. The summed E-state index contributed by atoms with van der Waals surface area (Å²) in [4.78, 5) is 27.1. The average molecular weight is 603 g/mol. The highest BCUT2D eigenvalue weighted by Gasteiger charge is 2.24. The highest BCUT2D eigenvalue weighted by atomic mass is 32.2. The minimum Gasteiger partial charge on any atom is -0.465 e. The van der Waals surface area contributed by atoms with Crippen molar-refractivity contribution in [2.45, 2.75) is 39.4 Å². The van der Waals surface area contributed by atoms with Crippen molar-refractivity contribution in [2.75, 3.05) is 18.2 Å². The molecule has 0 radical (unpaired) electrons. The zero-order valence-electron chi connectivity index (χ0n) is 23.5. The summed E-state index contributed by atoms with van der Waals surface area (Å²) in [6.07, 6.45) is 0. The van der Waals surface area contributed by atoms with Crippen LogP contribution in [0.5, 0.6) is 0 Å². The van der Waals surface area contributed by atoms with Gasteiger partial charge < -0.3 is 14.6 Å².